The van der Waals surface area contributed by atoms with Crippen molar-refractivity contribution in [2.24, 2.45) is 0 Å². The second kappa shape index (κ2) is 9.01. The van der Waals surface area contributed by atoms with Gasteiger partial charge in [-0.3, -0.25) is 0 Å². The maximum absolute atomic E-state index is 12.9. The zero-order chi connectivity index (χ0) is 20.0. The average Bonchev–Trinajstić information content (AvgIpc) is 2.62. The van der Waals surface area contributed by atoms with Crippen molar-refractivity contribution in [2.45, 2.75) is 50.6 Å². The SMILES string of the molecule is CCCC(C)NS(=O)(=O)c1cc(C(=O)O)ccc1NC(C)c1ccccc1. The Labute approximate surface area is 160 Å². The van der Waals surface area contributed by atoms with E-state index >= 15 is 0 Å². The molecule has 3 N–H and O–H groups in total. The molecule has 7 heteroatoms. The molecule has 0 radical (unpaired) electrons. The predicted octanol–water partition coefficient (Wildman–Crippen LogP) is 4.02. The molecule has 0 aliphatic carbocycles. The van der Waals surface area contributed by atoms with Gasteiger partial charge in [0.2, 0.25) is 10.0 Å². The highest BCUT2D eigenvalue weighted by molar-refractivity contribution is 7.89. The predicted molar refractivity (Wildman–Crippen MR) is 107 cm³/mol. The molecule has 6 nitrogen and oxygen atoms in total. The van der Waals surface area contributed by atoms with Crippen LogP contribution in [0.1, 0.15) is 55.6 Å². The fourth-order valence-corrected chi connectivity index (χ4v) is 4.35. The first-order valence-electron chi connectivity index (χ1n) is 8.95. The van der Waals surface area contributed by atoms with Gasteiger partial charge in [-0.25, -0.2) is 17.9 Å². The minimum Gasteiger partial charge on any atom is -0.478 e. The summed E-state index contributed by atoms with van der Waals surface area (Å²) >= 11 is 0. The highest BCUT2D eigenvalue weighted by atomic mass is 32.2. The lowest BCUT2D eigenvalue weighted by molar-refractivity contribution is 0.0696. The van der Waals surface area contributed by atoms with Crippen LogP contribution in [0.3, 0.4) is 0 Å². The van der Waals surface area contributed by atoms with E-state index in [-0.39, 0.29) is 22.5 Å². The third-order valence-electron chi connectivity index (χ3n) is 4.27. The Bertz CT molecular complexity index is 882. The first kappa shape index (κ1) is 20.9. The lowest BCUT2D eigenvalue weighted by Crippen LogP contribution is -2.33. The number of hydrogen-bond donors (Lipinski definition) is 3. The van der Waals surface area contributed by atoms with Gasteiger partial charge in [-0.15, -0.1) is 0 Å². The van der Waals surface area contributed by atoms with Crippen LogP contribution in [0.5, 0.6) is 0 Å². The van der Waals surface area contributed by atoms with Crippen LogP contribution in [-0.4, -0.2) is 25.5 Å². The van der Waals surface area contributed by atoms with E-state index in [1.165, 1.54) is 18.2 Å². The molecule has 0 aliphatic rings. The minimum absolute atomic E-state index is 0.0619. The van der Waals surface area contributed by atoms with E-state index in [0.29, 0.717) is 12.1 Å². The van der Waals surface area contributed by atoms with E-state index < -0.39 is 16.0 Å². The summed E-state index contributed by atoms with van der Waals surface area (Å²) in [4.78, 5) is 11.3. The third kappa shape index (κ3) is 5.55. The summed E-state index contributed by atoms with van der Waals surface area (Å²) in [7, 11) is -3.87. The molecule has 2 rings (SSSR count). The number of aromatic carboxylic acids is 1. The van der Waals surface area contributed by atoms with Crippen LogP contribution < -0.4 is 10.0 Å². The Morgan fingerprint density at radius 1 is 1.11 bits per heavy atom. The first-order valence-corrected chi connectivity index (χ1v) is 10.4. The summed E-state index contributed by atoms with van der Waals surface area (Å²) in [5.41, 5.74) is 1.29. The number of carboxylic acids is 1. The van der Waals surface area contributed by atoms with E-state index in [1.807, 2.05) is 44.2 Å². The van der Waals surface area contributed by atoms with Crippen LogP contribution in [0.4, 0.5) is 5.69 Å². The van der Waals surface area contributed by atoms with Crippen LogP contribution in [0.25, 0.3) is 0 Å². The maximum atomic E-state index is 12.9. The molecular formula is C20H26N2O4S. The van der Waals surface area contributed by atoms with Crippen LogP contribution in [-0.2, 0) is 10.0 Å². The van der Waals surface area contributed by atoms with Gasteiger partial charge in [0, 0.05) is 12.1 Å². The molecule has 2 aromatic rings. The summed E-state index contributed by atoms with van der Waals surface area (Å²) in [5.74, 6) is -1.17. The lowest BCUT2D eigenvalue weighted by Gasteiger charge is -2.20. The van der Waals surface area contributed by atoms with Gasteiger partial charge in [-0.2, -0.15) is 0 Å². The van der Waals surface area contributed by atoms with Crippen molar-refractivity contribution < 1.29 is 18.3 Å². The Hall–Kier alpha value is -2.38. The Kier molecular flexibility index (Phi) is 6.98. The normalized spacial score (nSPS) is 13.7. The zero-order valence-corrected chi connectivity index (χ0v) is 16.6. The number of anilines is 1. The maximum Gasteiger partial charge on any atom is 0.335 e. The van der Waals surface area contributed by atoms with Gasteiger partial charge in [-0.05, 0) is 44.0 Å². The first-order chi connectivity index (χ1) is 12.7. The lowest BCUT2D eigenvalue weighted by atomic mass is 10.1. The van der Waals surface area contributed by atoms with Crippen molar-refractivity contribution in [1.29, 1.82) is 0 Å². The monoisotopic (exact) mass is 390 g/mol. The van der Waals surface area contributed by atoms with Crippen molar-refractivity contribution in [3.8, 4) is 0 Å². The van der Waals surface area contributed by atoms with E-state index in [1.54, 1.807) is 6.92 Å². The Balaban J connectivity index is 2.41. The molecule has 2 aromatic carbocycles. The van der Waals surface area contributed by atoms with Gasteiger partial charge in [0.1, 0.15) is 4.90 Å². The van der Waals surface area contributed by atoms with Crippen molar-refractivity contribution in [1.82, 2.24) is 4.72 Å². The minimum atomic E-state index is -3.87. The fourth-order valence-electron chi connectivity index (χ4n) is 2.88. The number of benzene rings is 2. The van der Waals surface area contributed by atoms with Gasteiger partial charge in [-0.1, -0.05) is 43.7 Å². The van der Waals surface area contributed by atoms with Crippen LogP contribution in [0.2, 0.25) is 0 Å². The highest BCUT2D eigenvalue weighted by Gasteiger charge is 2.23. The molecule has 0 amide bonds. The van der Waals surface area contributed by atoms with Crippen LogP contribution >= 0.6 is 0 Å². The van der Waals surface area contributed by atoms with Gasteiger partial charge >= 0.3 is 5.97 Å². The molecule has 27 heavy (non-hydrogen) atoms. The molecule has 0 aliphatic heterocycles. The fraction of sp³-hybridized carbons (Fsp3) is 0.350. The third-order valence-corrected chi connectivity index (χ3v) is 5.90. The molecule has 0 spiro atoms. The highest BCUT2D eigenvalue weighted by Crippen LogP contribution is 2.27. The summed E-state index contributed by atoms with van der Waals surface area (Å²) in [6.45, 7) is 5.69. The quantitative estimate of drug-likeness (QED) is 0.601. The van der Waals surface area contributed by atoms with Crippen LogP contribution in [0.15, 0.2) is 53.4 Å². The molecule has 0 fully saturated rings. The number of nitrogens with one attached hydrogen (secondary N) is 2. The van der Waals surface area contributed by atoms with Crippen molar-refractivity contribution in [2.75, 3.05) is 5.32 Å². The molecular weight excluding hydrogens is 364 g/mol. The van der Waals surface area contributed by atoms with E-state index in [9.17, 15) is 18.3 Å². The van der Waals surface area contributed by atoms with Crippen molar-refractivity contribution in [3.05, 3.63) is 59.7 Å². The number of hydrogen-bond acceptors (Lipinski definition) is 4. The van der Waals surface area contributed by atoms with Gasteiger partial charge in [0.15, 0.2) is 0 Å². The molecule has 0 aromatic heterocycles. The van der Waals surface area contributed by atoms with E-state index in [0.717, 1.165) is 12.0 Å². The topological polar surface area (TPSA) is 95.5 Å². The number of carboxylic acid groups (broad SMARTS) is 1. The number of sulfonamides is 1. The van der Waals surface area contributed by atoms with E-state index in [2.05, 4.69) is 10.0 Å². The smallest absolute Gasteiger partial charge is 0.335 e. The zero-order valence-electron chi connectivity index (χ0n) is 15.8. The Morgan fingerprint density at radius 3 is 2.37 bits per heavy atom. The summed E-state index contributed by atoms with van der Waals surface area (Å²) in [6.07, 6.45) is 1.54. The molecule has 0 heterocycles. The standard InChI is InChI=1S/C20H26N2O4S/c1-4-8-14(2)22-27(25,26)19-13-17(20(23)24)11-12-18(19)21-15(3)16-9-6-5-7-10-16/h5-7,9-15,21-22H,4,8H2,1-3H3,(H,23,24). The number of rotatable bonds is 9. The number of carbonyl (C=O) groups is 1. The van der Waals surface area contributed by atoms with Crippen molar-refractivity contribution in [3.63, 3.8) is 0 Å². The average molecular weight is 391 g/mol. The second-order valence-corrected chi connectivity index (χ2v) is 8.29. The van der Waals surface area contributed by atoms with Crippen molar-refractivity contribution >= 4 is 21.7 Å². The van der Waals surface area contributed by atoms with Gasteiger partial charge in [0.25, 0.3) is 0 Å². The molecule has 0 saturated carbocycles. The molecule has 2 atom stereocenters. The molecule has 0 bridgehead atoms. The van der Waals surface area contributed by atoms with Crippen LogP contribution in [0, 0.1) is 0 Å². The summed E-state index contributed by atoms with van der Waals surface area (Å²) < 4.78 is 28.4. The molecule has 2 unspecified atom stereocenters. The van der Waals surface area contributed by atoms with Gasteiger partial charge < -0.3 is 10.4 Å². The molecule has 146 valence electrons. The largest absolute Gasteiger partial charge is 0.478 e. The van der Waals surface area contributed by atoms with E-state index in [4.69, 9.17) is 0 Å². The summed E-state index contributed by atoms with van der Waals surface area (Å²) in [5, 5.41) is 12.4. The summed E-state index contributed by atoms with van der Waals surface area (Å²) in [6, 6.07) is 13.3. The second-order valence-electron chi connectivity index (χ2n) is 6.60. The Morgan fingerprint density at radius 2 is 1.78 bits per heavy atom. The molecule has 0 saturated heterocycles. The van der Waals surface area contributed by atoms with Gasteiger partial charge in [0.05, 0.1) is 11.3 Å².